The Hall–Kier alpha value is 1.06. The van der Waals surface area contributed by atoms with Crippen molar-refractivity contribution < 1.29 is 2.85 Å². The molecular weight excluding hydrogens is 228 g/mol. The number of halogens is 1. The van der Waals surface area contributed by atoms with Gasteiger partial charge >= 0.3 is 23.1 Å². The van der Waals surface area contributed by atoms with Crippen molar-refractivity contribution in [1.29, 1.82) is 0 Å². The molecule has 0 spiro atoms. The van der Waals surface area contributed by atoms with Gasteiger partial charge in [0.2, 0.25) is 0 Å². The molecule has 16 heavy (non-hydrogen) atoms. The van der Waals surface area contributed by atoms with E-state index in [2.05, 4.69) is 6.92 Å². The second kappa shape index (κ2) is 18.4. The van der Waals surface area contributed by atoms with Gasteiger partial charge in [0.25, 0.3) is 0 Å². The number of rotatable bonds is 12. The van der Waals surface area contributed by atoms with Crippen LogP contribution in [0, 0.1) is 0 Å². The van der Waals surface area contributed by atoms with Crippen molar-refractivity contribution in [3.63, 3.8) is 0 Å². The second-order valence-electron chi connectivity index (χ2n) is 4.58. The molecule has 0 aromatic carbocycles. The van der Waals surface area contributed by atoms with Gasteiger partial charge in [-0.25, -0.2) is 0 Å². The summed E-state index contributed by atoms with van der Waals surface area (Å²) in [5.41, 5.74) is 0. The fourth-order valence-electron chi connectivity index (χ4n) is 1.94. The van der Waals surface area contributed by atoms with Gasteiger partial charge in [-0.1, -0.05) is 77.6 Å². The van der Waals surface area contributed by atoms with Crippen molar-refractivity contribution in [3.8, 4) is 0 Å². The molecule has 0 rings (SSSR count). The fourth-order valence-corrected chi connectivity index (χ4v) is 2.12. The Morgan fingerprint density at radius 2 is 0.938 bits per heavy atom. The topological polar surface area (TPSA) is 0 Å². The van der Waals surface area contributed by atoms with E-state index in [1.54, 1.807) is 0 Å². The Morgan fingerprint density at radius 1 is 0.625 bits per heavy atom. The van der Waals surface area contributed by atoms with Crippen molar-refractivity contribution in [2.75, 3.05) is 5.88 Å². The summed E-state index contributed by atoms with van der Waals surface area (Å²) in [4.78, 5) is 0. The third kappa shape index (κ3) is 17.5. The van der Waals surface area contributed by atoms with E-state index < -0.39 is 0 Å². The van der Waals surface area contributed by atoms with Crippen LogP contribution in [0.5, 0.6) is 0 Å². The van der Waals surface area contributed by atoms with Crippen LogP contribution < -0.4 is 0 Å². The van der Waals surface area contributed by atoms with Crippen LogP contribution in [0.3, 0.4) is 0 Å². The Morgan fingerprint density at radius 3 is 1.25 bits per heavy atom. The maximum atomic E-state index is 5.62. The Labute approximate surface area is 127 Å². The molecule has 0 amide bonds. The molecule has 96 valence electrons. The van der Waals surface area contributed by atoms with Crippen LogP contribution in [0.1, 0.15) is 86.8 Å². The van der Waals surface area contributed by atoms with Gasteiger partial charge in [-0.3, -0.25) is 0 Å². The quantitative estimate of drug-likeness (QED) is 0.237. The molecule has 0 nitrogen and oxygen atoms in total. The van der Waals surface area contributed by atoms with Crippen molar-refractivity contribution in [1.82, 2.24) is 0 Å². The van der Waals surface area contributed by atoms with E-state index in [-0.39, 0.29) is 25.9 Å². The van der Waals surface area contributed by atoms with Gasteiger partial charge in [0.1, 0.15) is 0 Å². The van der Waals surface area contributed by atoms with Gasteiger partial charge in [0.15, 0.2) is 0 Å². The van der Waals surface area contributed by atoms with Gasteiger partial charge in [-0.05, 0) is 6.42 Å². The molecule has 0 fully saturated rings. The molecular formula is C14H31ClMg. The normalized spacial score (nSPS) is 10.1. The molecule has 0 aliphatic rings. The zero-order valence-corrected chi connectivity index (χ0v) is 13.4. The Balaban J connectivity index is -0.000000327. The summed E-state index contributed by atoms with van der Waals surface area (Å²) < 4.78 is 0. The van der Waals surface area contributed by atoms with Crippen LogP contribution in [0.2, 0.25) is 0 Å². The summed E-state index contributed by atoms with van der Waals surface area (Å²) in [5, 5.41) is 0. The van der Waals surface area contributed by atoms with Crippen LogP contribution in [0.25, 0.3) is 0 Å². The number of alkyl halides is 1. The average Bonchev–Trinajstić information content (AvgIpc) is 2.26. The van der Waals surface area contributed by atoms with Crippen LogP contribution in [-0.2, 0) is 0 Å². The summed E-state index contributed by atoms with van der Waals surface area (Å²) >= 11 is 5.62. The summed E-state index contributed by atoms with van der Waals surface area (Å²) in [6, 6.07) is 0. The van der Waals surface area contributed by atoms with E-state index in [9.17, 15) is 0 Å². The van der Waals surface area contributed by atoms with Crippen molar-refractivity contribution in [2.45, 2.75) is 84.0 Å². The zero-order chi connectivity index (χ0) is 11.2. The fraction of sp³-hybridized carbons (Fsp3) is 1.00. The molecule has 0 saturated carbocycles. The van der Waals surface area contributed by atoms with Crippen molar-refractivity contribution >= 4 is 34.7 Å². The molecule has 0 unspecified atom stereocenters. The molecule has 0 atom stereocenters. The van der Waals surface area contributed by atoms with Crippen molar-refractivity contribution in [2.24, 2.45) is 0 Å². The third-order valence-electron chi connectivity index (χ3n) is 2.99. The summed E-state index contributed by atoms with van der Waals surface area (Å²) in [6.45, 7) is 2.28. The van der Waals surface area contributed by atoms with Crippen LogP contribution in [0.15, 0.2) is 0 Å². The minimum Gasteiger partial charge on any atom is -1.00 e. The zero-order valence-electron chi connectivity index (χ0n) is 13.3. The van der Waals surface area contributed by atoms with Crippen LogP contribution >= 0.6 is 11.6 Å². The average molecular weight is 259 g/mol. The molecule has 0 N–H and O–H groups in total. The first-order valence-corrected chi connectivity index (χ1v) is 7.51. The molecule has 0 saturated heterocycles. The number of unbranched alkanes of at least 4 members (excludes halogenated alkanes) is 11. The number of hydrogen-bond donors (Lipinski definition) is 0. The second-order valence-corrected chi connectivity index (χ2v) is 4.96. The summed E-state index contributed by atoms with van der Waals surface area (Å²) in [6.07, 6.45) is 16.9. The minimum atomic E-state index is 0. The third-order valence-corrected chi connectivity index (χ3v) is 3.25. The molecule has 0 radical (unpaired) electrons. The van der Waals surface area contributed by atoms with Gasteiger partial charge in [-0.2, -0.15) is 0 Å². The first-order valence-electron chi connectivity index (χ1n) is 6.97. The molecule has 0 heterocycles. The molecule has 0 aliphatic carbocycles. The van der Waals surface area contributed by atoms with E-state index in [0.29, 0.717) is 0 Å². The molecule has 2 heteroatoms. The summed E-state index contributed by atoms with van der Waals surface area (Å²) in [7, 11) is 0. The monoisotopic (exact) mass is 258 g/mol. The summed E-state index contributed by atoms with van der Waals surface area (Å²) in [5.74, 6) is 0.845. The van der Waals surface area contributed by atoms with Crippen LogP contribution in [0.4, 0.5) is 0 Å². The molecule has 0 aromatic rings. The van der Waals surface area contributed by atoms with Crippen LogP contribution in [-0.4, -0.2) is 28.9 Å². The van der Waals surface area contributed by atoms with E-state index in [0.717, 1.165) is 5.88 Å². The first-order chi connectivity index (χ1) is 7.41. The molecule has 0 aliphatic heterocycles. The van der Waals surface area contributed by atoms with E-state index >= 15 is 0 Å². The van der Waals surface area contributed by atoms with E-state index in [4.69, 9.17) is 11.6 Å². The minimum absolute atomic E-state index is 0. The molecule has 0 bridgehead atoms. The Bertz CT molecular complexity index is 104. The standard InChI is InChI=1S/C14H29Cl.Mg.2H/c1-2-3-4-5-6-7-8-9-10-11-12-13-14-15;;;/h2-14H2,1H3;;;/q;+2;2*-1. The SMILES string of the molecule is CCCCCCCCCCCCCCCl.[H-].[H-].[Mg+2]. The maximum absolute atomic E-state index is 5.62. The van der Waals surface area contributed by atoms with E-state index in [1.807, 2.05) is 0 Å². The van der Waals surface area contributed by atoms with Gasteiger partial charge in [-0.15, -0.1) is 11.6 Å². The predicted molar refractivity (Wildman–Crippen MR) is 79.8 cm³/mol. The number of hydrogen-bond acceptors (Lipinski definition) is 0. The Kier molecular flexibility index (Phi) is 22.3. The predicted octanol–water partition coefficient (Wildman–Crippen LogP) is 5.77. The maximum Gasteiger partial charge on any atom is 2.00 e. The van der Waals surface area contributed by atoms with E-state index in [1.165, 1.54) is 77.0 Å². The van der Waals surface area contributed by atoms with Gasteiger partial charge < -0.3 is 2.85 Å². The molecule has 0 aromatic heterocycles. The largest absolute Gasteiger partial charge is 2.00 e. The first kappa shape index (κ1) is 19.4. The van der Waals surface area contributed by atoms with Crippen molar-refractivity contribution in [3.05, 3.63) is 0 Å². The smallest absolute Gasteiger partial charge is 1.00 e. The van der Waals surface area contributed by atoms with Gasteiger partial charge in [0, 0.05) is 5.88 Å². The van der Waals surface area contributed by atoms with Gasteiger partial charge in [0.05, 0.1) is 0 Å².